The van der Waals surface area contributed by atoms with Crippen LogP contribution in [0.4, 0.5) is 0 Å². The van der Waals surface area contributed by atoms with Crippen molar-refractivity contribution in [1.82, 2.24) is 9.55 Å². The molecular weight excluding hydrogens is 254 g/mol. The first-order chi connectivity index (χ1) is 9.61. The quantitative estimate of drug-likeness (QED) is 0.840. The lowest BCUT2D eigenvalue weighted by molar-refractivity contribution is -0.144. The summed E-state index contributed by atoms with van der Waals surface area (Å²) in [6.45, 7) is 4.05. The second kappa shape index (κ2) is 6.34. The zero-order valence-corrected chi connectivity index (χ0v) is 11.7. The highest BCUT2D eigenvalue weighted by Gasteiger charge is 2.17. The minimum Gasteiger partial charge on any atom is -0.465 e. The molecule has 0 aromatic carbocycles. The van der Waals surface area contributed by atoms with Gasteiger partial charge in [-0.15, -0.1) is 0 Å². The van der Waals surface area contributed by atoms with Crippen molar-refractivity contribution >= 4 is 5.97 Å². The van der Waals surface area contributed by atoms with Crippen molar-refractivity contribution < 1.29 is 9.53 Å². The van der Waals surface area contributed by atoms with E-state index >= 15 is 0 Å². The molecule has 0 aliphatic rings. The minimum absolute atomic E-state index is 0.340. The predicted octanol–water partition coefficient (Wildman–Crippen LogP) is 1.61. The number of carbonyl (C=O) groups excluding carboxylic acids is 1. The zero-order chi connectivity index (χ0) is 14.5. The Hall–Kier alpha value is -2.14. The van der Waals surface area contributed by atoms with E-state index in [0.29, 0.717) is 13.0 Å². The van der Waals surface area contributed by atoms with E-state index in [0.717, 1.165) is 17.2 Å². The van der Waals surface area contributed by atoms with Gasteiger partial charge in [-0.25, -0.2) is 4.98 Å². The summed E-state index contributed by atoms with van der Waals surface area (Å²) in [7, 11) is 0. The van der Waals surface area contributed by atoms with E-state index in [4.69, 9.17) is 10.5 Å². The van der Waals surface area contributed by atoms with Gasteiger partial charge in [0.2, 0.25) is 0 Å². The number of aryl methyl sites for hydroxylation is 1. The number of nitrogens with zero attached hydrogens (tertiary/aromatic N) is 2. The summed E-state index contributed by atoms with van der Waals surface area (Å²) < 4.78 is 6.86. The molecule has 106 valence electrons. The third kappa shape index (κ3) is 3.24. The van der Waals surface area contributed by atoms with E-state index < -0.39 is 6.04 Å². The SMILES string of the molecule is CCOC(=O)C(N)Cc1cccn1-c1cccc(C)n1. The van der Waals surface area contributed by atoms with Crippen LogP contribution in [0.5, 0.6) is 0 Å². The standard InChI is InChI=1S/C15H19N3O2/c1-3-20-15(19)13(16)10-12-7-5-9-18(12)14-8-4-6-11(2)17-14/h4-9,13H,3,10,16H2,1-2H3. The van der Waals surface area contributed by atoms with Crippen LogP contribution in [0.3, 0.4) is 0 Å². The predicted molar refractivity (Wildman–Crippen MR) is 76.6 cm³/mol. The minimum atomic E-state index is -0.659. The highest BCUT2D eigenvalue weighted by atomic mass is 16.5. The molecular formula is C15H19N3O2. The van der Waals surface area contributed by atoms with Crippen LogP contribution in [-0.4, -0.2) is 28.2 Å². The van der Waals surface area contributed by atoms with Gasteiger partial charge in [-0.3, -0.25) is 4.79 Å². The number of hydrogen-bond acceptors (Lipinski definition) is 4. The number of hydrogen-bond donors (Lipinski definition) is 1. The van der Waals surface area contributed by atoms with E-state index in [-0.39, 0.29) is 5.97 Å². The molecule has 0 saturated heterocycles. The number of esters is 1. The first-order valence-corrected chi connectivity index (χ1v) is 6.64. The van der Waals surface area contributed by atoms with Crippen molar-refractivity contribution in [3.63, 3.8) is 0 Å². The monoisotopic (exact) mass is 273 g/mol. The average molecular weight is 273 g/mol. The molecule has 2 rings (SSSR count). The van der Waals surface area contributed by atoms with E-state index in [1.807, 2.05) is 48.0 Å². The second-order valence-electron chi connectivity index (χ2n) is 4.57. The smallest absolute Gasteiger partial charge is 0.323 e. The molecule has 0 aliphatic carbocycles. The Kier molecular flexibility index (Phi) is 4.53. The van der Waals surface area contributed by atoms with Gasteiger partial charge in [-0.1, -0.05) is 6.07 Å². The zero-order valence-electron chi connectivity index (χ0n) is 11.7. The second-order valence-corrected chi connectivity index (χ2v) is 4.57. The third-order valence-corrected chi connectivity index (χ3v) is 2.97. The van der Waals surface area contributed by atoms with Crippen LogP contribution in [0, 0.1) is 6.92 Å². The fraction of sp³-hybridized carbons (Fsp3) is 0.333. The Morgan fingerprint density at radius 1 is 1.40 bits per heavy atom. The molecule has 20 heavy (non-hydrogen) atoms. The summed E-state index contributed by atoms with van der Waals surface area (Å²) >= 11 is 0. The number of carbonyl (C=O) groups is 1. The summed E-state index contributed by atoms with van der Waals surface area (Å²) in [5, 5.41) is 0. The lowest BCUT2D eigenvalue weighted by atomic mass is 10.1. The molecule has 0 fully saturated rings. The van der Waals surface area contributed by atoms with Crippen molar-refractivity contribution in [2.75, 3.05) is 6.61 Å². The Morgan fingerprint density at radius 3 is 2.90 bits per heavy atom. The molecule has 5 heteroatoms. The number of pyridine rings is 1. The molecule has 2 heterocycles. The topological polar surface area (TPSA) is 70.1 Å². The van der Waals surface area contributed by atoms with Crippen LogP contribution in [-0.2, 0) is 16.0 Å². The molecule has 1 atom stereocenters. The van der Waals surface area contributed by atoms with Crippen molar-refractivity contribution in [2.24, 2.45) is 5.73 Å². The van der Waals surface area contributed by atoms with Crippen LogP contribution < -0.4 is 5.73 Å². The Labute approximate surface area is 118 Å². The number of aromatic nitrogens is 2. The number of ether oxygens (including phenoxy) is 1. The van der Waals surface area contributed by atoms with Gasteiger partial charge in [0, 0.05) is 24.0 Å². The summed E-state index contributed by atoms with van der Waals surface area (Å²) in [6.07, 6.45) is 2.33. The third-order valence-electron chi connectivity index (χ3n) is 2.97. The average Bonchev–Trinajstić information content (AvgIpc) is 2.87. The van der Waals surface area contributed by atoms with Crippen LogP contribution in [0.15, 0.2) is 36.5 Å². The van der Waals surface area contributed by atoms with Crippen molar-refractivity contribution in [3.05, 3.63) is 47.9 Å². The molecule has 0 spiro atoms. The van der Waals surface area contributed by atoms with Gasteiger partial charge in [0.25, 0.3) is 0 Å². The molecule has 0 amide bonds. The van der Waals surface area contributed by atoms with Crippen molar-refractivity contribution in [3.8, 4) is 5.82 Å². The van der Waals surface area contributed by atoms with Crippen LogP contribution >= 0.6 is 0 Å². The molecule has 0 aliphatic heterocycles. The van der Waals surface area contributed by atoms with Crippen molar-refractivity contribution in [2.45, 2.75) is 26.3 Å². The number of rotatable bonds is 5. The molecule has 0 saturated carbocycles. The molecule has 2 aromatic rings. The lowest BCUT2D eigenvalue weighted by Gasteiger charge is -2.13. The van der Waals surface area contributed by atoms with E-state index in [9.17, 15) is 4.79 Å². The molecule has 0 radical (unpaired) electrons. The summed E-state index contributed by atoms with van der Waals surface area (Å²) in [4.78, 5) is 16.1. The first kappa shape index (κ1) is 14.3. The van der Waals surface area contributed by atoms with Gasteiger partial charge in [-0.05, 0) is 38.1 Å². The normalized spacial score (nSPS) is 12.2. The largest absolute Gasteiger partial charge is 0.465 e. The summed E-state index contributed by atoms with van der Waals surface area (Å²) in [5.74, 6) is 0.443. The summed E-state index contributed by atoms with van der Waals surface area (Å²) in [5.41, 5.74) is 7.74. The molecule has 1 unspecified atom stereocenters. The molecule has 2 aromatic heterocycles. The van der Waals surface area contributed by atoms with E-state index in [1.54, 1.807) is 6.92 Å². The van der Waals surface area contributed by atoms with Gasteiger partial charge in [0.05, 0.1) is 6.61 Å². The first-order valence-electron chi connectivity index (χ1n) is 6.64. The molecule has 0 bridgehead atoms. The lowest BCUT2D eigenvalue weighted by Crippen LogP contribution is -2.35. The van der Waals surface area contributed by atoms with Crippen LogP contribution in [0.25, 0.3) is 5.82 Å². The Bertz CT molecular complexity index is 592. The van der Waals surface area contributed by atoms with Gasteiger partial charge < -0.3 is 15.0 Å². The fourth-order valence-electron chi connectivity index (χ4n) is 2.03. The van der Waals surface area contributed by atoms with Gasteiger partial charge >= 0.3 is 5.97 Å². The van der Waals surface area contributed by atoms with Crippen molar-refractivity contribution in [1.29, 1.82) is 0 Å². The molecule has 2 N–H and O–H groups in total. The summed E-state index contributed by atoms with van der Waals surface area (Å²) in [6, 6.07) is 9.00. The Balaban J connectivity index is 2.19. The fourth-order valence-corrected chi connectivity index (χ4v) is 2.03. The van der Waals surface area contributed by atoms with E-state index in [1.165, 1.54) is 0 Å². The van der Waals surface area contributed by atoms with Gasteiger partial charge in [0.15, 0.2) is 0 Å². The maximum absolute atomic E-state index is 11.6. The van der Waals surface area contributed by atoms with Crippen LogP contribution in [0.1, 0.15) is 18.3 Å². The molecule has 5 nitrogen and oxygen atoms in total. The highest BCUT2D eigenvalue weighted by Crippen LogP contribution is 2.13. The Morgan fingerprint density at radius 2 is 2.20 bits per heavy atom. The van der Waals surface area contributed by atoms with Gasteiger partial charge in [-0.2, -0.15) is 0 Å². The maximum Gasteiger partial charge on any atom is 0.323 e. The highest BCUT2D eigenvalue weighted by molar-refractivity contribution is 5.75. The van der Waals surface area contributed by atoms with Gasteiger partial charge in [0.1, 0.15) is 11.9 Å². The van der Waals surface area contributed by atoms with Crippen LogP contribution in [0.2, 0.25) is 0 Å². The number of nitrogens with two attached hydrogens (primary N) is 1. The van der Waals surface area contributed by atoms with E-state index in [2.05, 4.69) is 4.98 Å². The maximum atomic E-state index is 11.6.